The lowest BCUT2D eigenvalue weighted by Crippen LogP contribution is -2.43. The van der Waals surface area contributed by atoms with Crippen molar-refractivity contribution in [1.82, 2.24) is 14.9 Å². The van der Waals surface area contributed by atoms with Crippen molar-refractivity contribution in [2.75, 3.05) is 5.75 Å². The van der Waals surface area contributed by atoms with Crippen LogP contribution in [0.15, 0.2) is 52.4 Å². The van der Waals surface area contributed by atoms with E-state index in [4.69, 9.17) is 0 Å². The molecule has 3 rings (SSSR count). The third-order valence-corrected chi connectivity index (χ3v) is 5.53. The molecule has 0 aliphatic heterocycles. The van der Waals surface area contributed by atoms with E-state index in [1.165, 1.54) is 6.07 Å². The maximum atomic E-state index is 14.4. The molecule has 0 spiro atoms. The van der Waals surface area contributed by atoms with E-state index in [1.807, 2.05) is 20.8 Å². The molecule has 1 aromatic heterocycles. The monoisotopic (exact) mass is 417 g/mol. The van der Waals surface area contributed by atoms with Gasteiger partial charge in [-0.15, -0.1) is 0 Å². The summed E-state index contributed by atoms with van der Waals surface area (Å²) in [5.41, 5.74) is -0.533. The third kappa shape index (κ3) is 4.64. The Kier molecular flexibility index (Phi) is 6.02. The second-order valence-corrected chi connectivity index (χ2v) is 8.16. The van der Waals surface area contributed by atoms with Gasteiger partial charge in [-0.05, 0) is 44.5 Å². The Morgan fingerprint density at radius 2 is 1.93 bits per heavy atom. The molecule has 1 heterocycles. The molecular weight excluding hydrogens is 396 g/mol. The highest BCUT2D eigenvalue weighted by Crippen LogP contribution is 2.23. The zero-order chi connectivity index (χ0) is 21.2. The number of carbonyl (C=O) groups is 1. The second-order valence-electron chi connectivity index (χ2n) is 7.22. The number of nitrogens with zero attached hydrogens (tertiary/aromatic N) is 2. The van der Waals surface area contributed by atoms with Crippen molar-refractivity contribution < 1.29 is 13.6 Å². The molecule has 0 aliphatic carbocycles. The fourth-order valence-corrected chi connectivity index (χ4v) is 3.52. The SMILES string of the molecule is CCC(C)(C)NC(=O)CSc1nc2ccccc2c(=O)n1-c1ccc(F)cc1F. The van der Waals surface area contributed by atoms with Crippen molar-refractivity contribution in [3.63, 3.8) is 0 Å². The van der Waals surface area contributed by atoms with Gasteiger partial charge in [0.1, 0.15) is 11.6 Å². The molecule has 1 N–H and O–H groups in total. The smallest absolute Gasteiger partial charge is 0.266 e. The summed E-state index contributed by atoms with van der Waals surface area (Å²) < 4.78 is 28.9. The van der Waals surface area contributed by atoms with Gasteiger partial charge in [0.2, 0.25) is 5.91 Å². The fraction of sp³-hybridized carbons (Fsp3) is 0.286. The number of benzene rings is 2. The van der Waals surface area contributed by atoms with Gasteiger partial charge in [0, 0.05) is 11.6 Å². The normalized spacial score (nSPS) is 11.6. The van der Waals surface area contributed by atoms with E-state index in [2.05, 4.69) is 10.3 Å². The first-order chi connectivity index (χ1) is 13.7. The van der Waals surface area contributed by atoms with Crippen LogP contribution in [0.2, 0.25) is 0 Å². The van der Waals surface area contributed by atoms with Crippen molar-refractivity contribution in [3.8, 4) is 5.69 Å². The van der Waals surface area contributed by atoms with Crippen LogP contribution in [0.25, 0.3) is 16.6 Å². The van der Waals surface area contributed by atoms with Gasteiger partial charge < -0.3 is 5.32 Å². The summed E-state index contributed by atoms with van der Waals surface area (Å²) in [7, 11) is 0. The molecule has 2 aromatic carbocycles. The van der Waals surface area contributed by atoms with Crippen molar-refractivity contribution >= 4 is 28.6 Å². The number of hydrogen-bond acceptors (Lipinski definition) is 4. The number of amides is 1. The Bertz CT molecular complexity index is 1130. The van der Waals surface area contributed by atoms with Crippen LogP contribution in [0.5, 0.6) is 0 Å². The van der Waals surface area contributed by atoms with Gasteiger partial charge in [-0.25, -0.2) is 13.8 Å². The summed E-state index contributed by atoms with van der Waals surface area (Å²) in [6, 6.07) is 9.66. The van der Waals surface area contributed by atoms with Gasteiger partial charge in [-0.1, -0.05) is 30.8 Å². The van der Waals surface area contributed by atoms with Crippen molar-refractivity contribution in [2.24, 2.45) is 0 Å². The van der Waals surface area contributed by atoms with Crippen LogP contribution < -0.4 is 10.9 Å². The van der Waals surface area contributed by atoms with Gasteiger partial charge in [0.25, 0.3) is 5.56 Å². The third-order valence-electron chi connectivity index (χ3n) is 4.59. The molecule has 0 unspecified atom stereocenters. The minimum Gasteiger partial charge on any atom is -0.351 e. The Balaban J connectivity index is 2.06. The first-order valence-electron chi connectivity index (χ1n) is 9.13. The lowest BCUT2D eigenvalue weighted by molar-refractivity contribution is -0.120. The standard InChI is InChI=1S/C21H21F2N3O2S/c1-4-21(2,3)25-18(27)12-29-20-24-16-8-6-5-7-14(16)19(28)26(20)17-10-9-13(22)11-15(17)23/h5-11H,4,12H2,1-3H3,(H,25,27). The van der Waals surface area contributed by atoms with Crippen molar-refractivity contribution in [2.45, 2.75) is 37.9 Å². The lowest BCUT2D eigenvalue weighted by Gasteiger charge is -2.24. The predicted molar refractivity (Wildman–Crippen MR) is 110 cm³/mol. The lowest BCUT2D eigenvalue weighted by atomic mass is 10.0. The Morgan fingerprint density at radius 3 is 2.62 bits per heavy atom. The molecule has 0 aliphatic rings. The average molecular weight is 417 g/mol. The Labute approximate surface area is 171 Å². The van der Waals surface area contributed by atoms with E-state index in [0.29, 0.717) is 17.0 Å². The van der Waals surface area contributed by atoms with Crippen molar-refractivity contribution in [3.05, 3.63) is 64.5 Å². The average Bonchev–Trinajstić information content (AvgIpc) is 2.67. The van der Waals surface area contributed by atoms with Gasteiger partial charge in [-0.3, -0.25) is 14.2 Å². The van der Waals surface area contributed by atoms with Crippen LogP contribution in [0.3, 0.4) is 0 Å². The highest BCUT2D eigenvalue weighted by molar-refractivity contribution is 7.99. The molecule has 3 aromatic rings. The molecular formula is C21H21F2N3O2S. The zero-order valence-electron chi connectivity index (χ0n) is 16.3. The summed E-state index contributed by atoms with van der Waals surface area (Å²) in [5.74, 6) is -1.86. The van der Waals surface area contributed by atoms with Crippen LogP contribution in [-0.4, -0.2) is 26.8 Å². The summed E-state index contributed by atoms with van der Waals surface area (Å²) in [5, 5.41) is 3.37. The highest BCUT2D eigenvalue weighted by Gasteiger charge is 2.20. The number of hydrogen-bond donors (Lipinski definition) is 1. The molecule has 8 heteroatoms. The number of nitrogens with one attached hydrogen (secondary N) is 1. The largest absolute Gasteiger partial charge is 0.351 e. The van der Waals surface area contributed by atoms with Gasteiger partial charge in [-0.2, -0.15) is 0 Å². The number of thioether (sulfide) groups is 1. The number of para-hydroxylation sites is 1. The Morgan fingerprint density at radius 1 is 1.21 bits per heavy atom. The van der Waals surface area contributed by atoms with Crippen LogP contribution in [0.4, 0.5) is 8.78 Å². The first-order valence-corrected chi connectivity index (χ1v) is 10.1. The van der Waals surface area contributed by atoms with Crippen LogP contribution in [0.1, 0.15) is 27.2 Å². The first kappa shape index (κ1) is 21.0. The van der Waals surface area contributed by atoms with E-state index < -0.39 is 17.2 Å². The van der Waals surface area contributed by atoms with E-state index >= 15 is 0 Å². The topological polar surface area (TPSA) is 64.0 Å². The van der Waals surface area contributed by atoms with Crippen LogP contribution >= 0.6 is 11.8 Å². The summed E-state index contributed by atoms with van der Waals surface area (Å²) in [6.45, 7) is 5.79. The van der Waals surface area contributed by atoms with Crippen molar-refractivity contribution in [1.29, 1.82) is 0 Å². The van der Waals surface area contributed by atoms with E-state index in [-0.39, 0.29) is 28.0 Å². The molecule has 1 amide bonds. The molecule has 0 fully saturated rings. The number of aromatic nitrogens is 2. The maximum Gasteiger partial charge on any atom is 0.266 e. The molecule has 0 saturated heterocycles. The molecule has 152 valence electrons. The summed E-state index contributed by atoms with van der Waals surface area (Å²) in [4.78, 5) is 29.8. The van der Waals surface area contributed by atoms with Gasteiger partial charge in [0.15, 0.2) is 5.16 Å². The van der Waals surface area contributed by atoms with Crippen LogP contribution in [0, 0.1) is 11.6 Å². The molecule has 0 saturated carbocycles. The Hall–Kier alpha value is -2.74. The second kappa shape index (κ2) is 8.32. The molecule has 0 atom stereocenters. The highest BCUT2D eigenvalue weighted by atomic mass is 32.2. The minimum atomic E-state index is -0.886. The van der Waals surface area contributed by atoms with E-state index in [1.54, 1.807) is 24.3 Å². The van der Waals surface area contributed by atoms with E-state index in [9.17, 15) is 18.4 Å². The molecule has 0 radical (unpaired) electrons. The van der Waals surface area contributed by atoms with Gasteiger partial charge >= 0.3 is 0 Å². The minimum absolute atomic E-state index is 0.00295. The number of halogens is 2. The molecule has 0 bridgehead atoms. The zero-order valence-corrected chi connectivity index (χ0v) is 17.1. The fourth-order valence-electron chi connectivity index (χ4n) is 2.72. The quantitative estimate of drug-likeness (QED) is 0.485. The van der Waals surface area contributed by atoms with Crippen LogP contribution in [-0.2, 0) is 4.79 Å². The molecule has 29 heavy (non-hydrogen) atoms. The number of carbonyl (C=O) groups excluding carboxylic acids is 1. The summed E-state index contributed by atoms with van der Waals surface area (Å²) in [6.07, 6.45) is 0.753. The number of rotatable bonds is 6. The molecule has 5 nitrogen and oxygen atoms in total. The maximum absolute atomic E-state index is 14.4. The number of fused-ring (bicyclic) bond motifs is 1. The predicted octanol–water partition coefficient (Wildman–Crippen LogP) is 4.06. The van der Waals surface area contributed by atoms with Gasteiger partial charge in [0.05, 0.1) is 22.3 Å². The summed E-state index contributed by atoms with van der Waals surface area (Å²) >= 11 is 1.02. The van der Waals surface area contributed by atoms with E-state index in [0.717, 1.165) is 28.8 Å².